The second-order valence-electron chi connectivity index (χ2n) is 13.6. The lowest BCUT2D eigenvalue weighted by atomic mass is 10.00. The number of pyridine rings is 4. The van der Waals surface area contributed by atoms with Crippen molar-refractivity contribution in [1.29, 1.82) is 0 Å². The fourth-order valence-electron chi connectivity index (χ4n) is 8.01. The van der Waals surface area contributed by atoms with E-state index in [1.807, 2.05) is 48.8 Å². The van der Waals surface area contributed by atoms with Crippen molar-refractivity contribution in [2.24, 2.45) is 0 Å². The summed E-state index contributed by atoms with van der Waals surface area (Å²) < 4.78 is 2.30. The molecule has 1 aliphatic heterocycles. The van der Waals surface area contributed by atoms with E-state index in [1.54, 1.807) is 18.7 Å². The van der Waals surface area contributed by atoms with E-state index >= 15 is 0 Å². The van der Waals surface area contributed by atoms with Gasteiger partial charge >= 0.3 is 0 Å². The van der Waals surface area contributed by atoms with E-state index in [9.17, 15) is 0 Å². The molecule has 0 bridgehead atoms. The zero-order valence-corrected chi connectivity index (χ0v) is 29.9. The largest absolute Gasteiger partial charge is 0.309 e. The molecule has 0 fully saturated rings. The maximum absolute atomic E-state index is 5.10. The summed E-state index contributed by atoms with van der Waals surface area (Å²) >= 11 is 0. The maximum Gasteiger partial charge on any atom is 0.116 e. The van der Waals surface area contributed by atoms with E-state index in [-0.39, 0.29) is 0 Å². The molecule has 0 atom stereocenters. The van der Waals surface area contributed by atoms with Gasteiger partial charge in [0.05, 0.1) is 62.9 Å². The molecule has 8 heteroatoms. The van der Waals surface area contributed by atoms with Crippen molar-refractivity contribution >= 4 is 38.9 Å². The van der Waals surface area contributed by atoms with Crippen LogP contribution < -0.4 is 4.90 Å². The standard InChI is InChI=1S/C48H30N8/c1-2-12-35-31(11-1)23-26-52-46(35)32-19-21-33(22-20-32)56-44-29-49-30-53-47(44)45-36-13-3-5-17-42(36)55(43-18-6-4-14-37(43)48(45)56)34-27-40(38-15-7-9-24-50-38)54-41(28-34)39-16-8-10-25-51-39/h1-30H. The Labute approximate surface area is 322 Å². The van der Waals surface area contributed by atoms with Crippen LogP contribution in [0.2, 0.25) is 0 Å². The minimum absolute atomic E-state index is 0.754. The molecule has 7 heterocycles. The third-order valence-corrected chi connectivity index (χ3v) is 10.4. The Morgan fingerprint density at radius 3 is 1.88 bits per heavy atom. The van der Waals surface area contributed by atoms with Crippen LogP contribution in [0.3, 0.4) is 0 Å². The van der Waals surface area contributed by atoms with Crippen LogP contribution in [0.5, 0.6) is 0 Å². The van der Waals surface area contributed by atoms with Gasteiger partial charge in [0.2, 0.25) is 0 Å². The van der Waals surface area contributed by atoms with Crippen molar-refractivity contribution in [3.63, 3.8) is 0 Å². The van der Waals surface area contributed by atoms with Gasteiger partial charge in [-0.05, 0) is 72.1 Å². The minimum atomic E-state index is 0.754. The smallest absolute Gasteiger partial charge is 0.116 e. The number of para-hydroxylation sites is 2. The second-order valence-corrected chi connectivity index (χ2v) is 13.6. The molecule has 0 aliphatic carbocycles. The molecule has 1 aliphatic rings. The lowest BCUT2D eigenvalue weighted by molar-refractivity contribution is 1.11. The highest BCUT2D eigenvalue weighted by molar-refractivity contribution is 6.11. The average molecular weight is 719 g/mol. The van der Waals surface area contributed by atoms with Crippen molar-refractivity contribution in [1.82, 2.24) is 34.5 Å². The number of hydrogen-bond donors (Lipinski definition) is 0. The second kappa shape index (κ2) is 12.9. The van der Waals surface area contributed by atoms with Gasteiger partial charge in [0.15, 0.2) is 0 Å². The summed E-state index contributed by atoms with van der Waals surface area (Å²) in [7, 11) is 0. The van der Waals surface area contributed by atoms with Gasteiger partial charge in [-0.2, -0.15) is 0 Å². The van der Waals surface area contributed by atoms with Gasteiger partial charge in [-0.25, -0.2) is 15.0 Å². The highest BCUT2D eigenvalue weighted by atomic mass is 15.2. The Morgan fingerprint density at radius 1 is 0.482 bits per heavy atom. The molecule has 0 spiro atoms. The highest BCUT2D eigenvalue weighted by Crippen LogP contribution is 2.54. The Bertz CT molecular complexity index is 3020. The fourth-order valence-corrected chi connectivity index (χ4v) is 8.01. The molecule has 0 saturated carbocycles. The van der Waals surface area contributed by atoms with E-state index in [4.69, 9.17) is 24.9 Å². The number of rotatable bonds is 5. The first-order chi connectivity index (χ1) is 27.8. The van der Waals surface area contributed by atoms with Crippen LogP contribution in [0.1, 0.15) is 0 Å². The van der Waals surface area contributed by atoms with Gasteiger partial charge in [-0.15, -0.1) is 0 Å². The fraction of sp³-hybridized carbons (Fsp3) is 0. The zero-order valence-electron chi connectivity index (χ0n) is 29.9. The normalized spacial score (nSPS) is 11.9. The summed E-state index contributed by atoms with van der Waals surface area (Å²) in [6.07, 6.45) is 9.04. The topological polar surface area (TPSA) is 85.5 Å². The lowest BCUT2D eigenvalue weighted by Gasteiger charge is -2.28. The first-order valence-electron chi connectivity index (χ1n) is 18.4. The van der Waals surface area contributed by atoms with E-state index in [0.29, 0.717) is 0 Å². The molecule has 56 heavy (non-hydrogen) atoms. The van der Waals surface area contributed by atoms with Crippen molar-refractivity contribution in [3.05, 3.63) is 183 Å². The Morgan fingerprint density at radius 2 is 1.14 bits per heavy atom. The molecule has 11 rings (SSSR count). The molecule has 0 unspecified atom stereocenters. The Kier molecular flexibility index (Phi) is 7.31. The summed E-state index contributed by atoms with van der Waals surface area (Å²) in [5, 5.41) is 2.28. The predicted octanol–water partition coefficient (Wildman–Crippen LogP) is 11.3. The van der Waals surface area contributed by atoms with Crippen molar-refractivity contribution in [3.8, 4) is 62.1 Å². The number of fused-ring (bicyclic) bond motifs is 8. The molecule has 8 nitrogen and oxygen atoms in total. The van der Waals surface area contributed by atoms with E-state index in [0.717, 1.165) is 101 Å². The summed E-state index contributed by atoms with van der Waals surface area (Å²) in [5.41, 5.74) is 15.0. The van der Waals surface area contributed by atoms with Gasteiger partial charge in [-0.3, -0.25) is 15.0 Å². The highest BCUT2D eigenvalue weighted by Gasteiger charge is 2.32. The van der Waals surface area contributed by atoms with Crippen LogP contribution in [0, 0.1) is 0 Å². The van der Waals surface area contributed by atoms with Crippen LogP contribution in [-0.4, -0.2) is 34.5 Å². The van der Waals surface area contributed by atoms with Crippen LogP contribution in [0.4, 0.5) is 17.1 Å². The van der Waals surface area contributed by atoms with Gasteiger partial charge in [0.25, 0.3) is 0 Å². The number of nitrogens with zero attached hydrogens (tertiary/aromatic N) is 8. The molecule has 6 aromatic heterocycles. The maximum atomic E-state index is 5.10. The molecule has 262 valence electrons. The quantitative estimate of drug-likeness (QED) is 0.175. The Hall–Kier alpha value is -7.84. The summed E-state index contributed by atoms with van der Waals surface area (Å²) in [6, 6.07) is 52.3. The number of benzene rings is 4. The number of hydrogen-bond acceptors (Lipinski definition) is 7. The molecule has 10 aromatic rings. The monoisotopic (exact) mass is 718 g/mol. The molecule has 0 radical (unpaired) electrons. The SMILES string of the molecule is c1ccc(-c2cc(N3c4ccccc4-c4c(n(-c5ccc(-c6nccc7ccccc67)cc5)c5cncnc45)-c4ccccc43)cc(-c3ccccn3)n2)nc1. The first-order valence-corrected chi connectivity index (χ1v) is 18.4. The first kappa shape index (κ1) is 31.7. The van der Waals surface area contributed by atoms with Gasteiger partial charge < -0.3 is 9.47 Å². The van der Waals surface area contributed by atoms with E-state index in [2.05, 4.69) is 130 Å². The Balaban J connectivity index is 1.16. The molecule has 0 saturated heterocycles. The van der Waals surface area contributed by atoms with Gasteiger partial charge in [0.1, 0.15) is 11.8 Å². The minimum Gasteiger partial charge on any atom is -0.309 e. The van der Waals surface area contributed by atoms with Crippen molar-refractivity contribution in [2.45, 2.75) is 0 Å². The summed E-state index contributed by atoms with van der Waals surface area (Å²) in [4.78, 5) is 31.1. The third kappa shape index (κ3) is 5.08. The van der Waals surface area contributed by atoms with Crippen LogP contribution in [-0.2, 0) is 0 Å². The van der Waals surface area contributed by atoms with Crippen LogP contribution >= 0.6 is 0 Å². The summed E-state index contributed by atoms with van der Waals surface area (Å²) in [6.45, 7) is 0. The predicted molar refractivity (Wildman–Crippen MR) is 223 cm³/mol. The molecule has 4 aromatic carbocycles. The van der Waals surface area contributed by atoms with Crippen LogP contribution in [0.15, 0.2) is 183 Å². The van der Waals surface area contributed by atoms with Gasteiger partial charge in [-0.1, -0.05) is 84.9 Å². The van der Waals surface area contributed by atoms with Gasteiger partial charge in [0, 0.05) is 51.9 Å². The number of anilines is 3. The third-order valence-electron chi connectivity index (χ3n) is 10.4. The molecular weight excluding hydrogens is 689 g/mol. The van der Waals surface area contributed by atoms with Crippen molar-refractivity contribution < 1.29 is 0 Å². The zero-order chi connectivity index (χ0) is 37.0. The van der Waals surface area contributed by atoms with Crippen molar-refractivity contribution in [2.75, 3.05) is 4.90 Å². The molecular formula is C48H30N8. The molecule has 0 amide bonds. The van der Waals surface area contributed by atoms with Crippen LogP contribution in [0.25, 0.3) is 83.9 Å². The van der Waals surface area contributed by atoms with E-state index < -0.39 is 0 Å². The molecule has 0 N–H and O–H groups in total. The number of aromatic nitrogens is 7. The van der Waals surface area contributed by atoms with E-state index in [1.165, 1.54) is 0 Å². The average Bonchev–Trinajstić information content (AvgIpc) is 3.56. The summed E-state index contributed by atoms with van der Waals surface area (Å²) in [5.74, 6) is 0. The lowest BCUT2D eigenvalue weighted by Crippen LogP contribution is -2.12.